The van der Waals surface area contributed by atoms with Crippen LogP contribution in [0.15, 0.2) is 18.2 Å². The summed E-state index contributed by atoms with van der Waals surface area (Å²) in [4.78, 5) is 0. The lowest BCUT2D eigenvalue weighted by Crippen LogP contribution is -2.19. The molecule has 0 saturated heterocycles. The number of hydrogen-bond donors (Lipinski definition) is 1. The van der Waals surface area contributed by atoms with Crippen LogP contribution in [0.5, 0.6) is 5.75 Å². The molecule has 2 rings (SSSR count). The minimum Gasteiger partial charge on any atom is -0.496 e. The fourth-order valence-corrected chi connectivity index (χ4v) is 2.05. The number of rotatable bonds is 6. The van der Waals surface area contributed by atoms with Gasteiger partial charge in [0.15, 0.2) is 0 Å². The molecule has 0 amide bonds. The molecule has 17 heavy (non-hydrogen) atoms. The summed E-state index contributed by atoms with van der Waals surface area (Å²) in [5.74, 6) is 1.60. The van der Waals surface area contributed by atoms with Gasteiger partial charge in [0, 0.05) is 6.04 Å². The summed E-state index contributed by atoms with van der Waals surface area (Å²) in [7, 11) is 1.75. The van der Waals surface area contributed by atoms with Gasteiger partial charge in [-0.3, -0.25) is 0 Å². The van der Waals surface area contributed by atoms with Crippen LogP contribution in [0.2, 0.25) is 0 Å². The molecule has 2 heteroatoms. The van der Waals surface area contributed by atoms with E-state index in [4.69, 9.17) is 4.74 Å². The van der Waals surface area contributed by atoms with Gasteiger partial charge in [-0.1, -0.05) is 26.0 Å². The van der Waals surface area contributed by atoms with Crippen LogP contribution in [-0.4, -0.2) is 19.7 Å². The summed E-state index contributed by atoms with van der Waals surface area (Å²) >= 11 is 0. The van der Waals surface area contributed by atoms with Crippen molar-refractivity contribution in [1.82, 2.24) is 5.32 Å². The summed E-state index contributed by atoms with van der Waals surface area (Å²) in [5, 5.41) is 3.55. The minimum atomic E-state index is 0.580. The summed E-state index contributed by atoms with van der Waals surface area (Å²) in [6.07, 6.45) is 3.76. The zero-order valence-electron chi connectivity index (χ0n) is 11.1. The molecule has 0 radical (unpaired) electrons. The Morgan fingerprint density at radius 1 is 1.35 bits per heavy atom. The topological polar surface area (TPSA) is 21.3 Å². The first-order valence-corrected chi connectivity index (χ1v) is 6.61. The third kappa shape index (κ3) is 3.47. The summed E-state index contributed by atoms with van der Waals surface area (Å²) in [6.45, 7) is 5.52. The van der Waals surface area contributed by atoms with Crippen molar-refractivity contribution < 1.29 is 4.74 Å². The average molecular weight is 233 g/mol. The second kappa shape index (κ2) is 5.54. The number of ether oxygens (including phenoxy) is 1. The zero-order valence-corrected chi connectivity index (χ0v) is 11.1. The summed E-state index contributed by atoms with van der Waals surface area (Å²) < 4.78 is 5.43. The standard InChI is InChI=1S/C15H23NO/c1-11(2)12-4-7-15(17-3)13(10-12)8-9-16-14-5-6-14/h4,7,10-11,14,16H,5-6,8-9H2,1-3H3. The van der Waals surface area contributed by atoms with Crippen LogP contribution in [0.3, 0.4) is 0 Å². The quantitative estimate of drug-likeness (QED) is 0.815. The predicted octanol–water partition coefficient (Wildman–Crippen LogP) is 3.11. The molecule has 94 valence electrons. The summed E-state index contributed by atoms with van der Waals surface area (Å²) in [5.41, 5.74) is 2.72. The lowest BCUT2D eigenvalue weighted by molar-refractivity contribution is 0.409. The van der Waals surface area contributed by atoms with E-state index in [9.17, 15) is 0 Å². The highest BCUT2D eigenvalue weighted by atomic mass is 16.5. The van der Waals surface area contributed by atoms with Crippen LogP contribution < -0.4 is 10.1 Å². The maximum Gasteiger partial charge on any atom is 0.122 e. The van der Waals surface area contributed by atoms with Crippen molar-refractivity contribution in [2.75, 3.05) is 13.7 Å². The molecule has 0 unspecified atom stereocenters. The van der Waals surface area contributed by atoms with Gasteiger partial charge < -0.3 is 10.1 Å². The van der Waals surface area contributed by atoms with Gasteiger partial charge in [-0.15, -0.1) is 0 Å². The highest BCUT2D eigenvalue weighted by Gasteiger charge is 2.19. The smallest absolute Gasteiger partial charge is 0.122 e. The Labute approximate surface area is 104 Å². The maximum absolute atomic E-state index is 5.43. The van der Waals surface area contributed by atoms with Crippen molar-refractivity contribution in [3.05, 3.63) is 29.3 Å². The lowest BCUT2D eigenvalue weighted by Gasteiger charge is -2.13. The molecule has 0 spiro atoms. The van der Waals surface area contributed by atoms with Gasteiger partial charge in [-0.25, -0.2) is 0 Å². The Bertz CT molecular complexity index is 369. The molecular formula is C15H23NO. The molecule has 1 aromatic rings. The lowest BCUT2D eigenvalue weighted by atomic mass is 9.99. The van der Waals surface area contributed by atoms with Crippen LogP contribution >= 0.6 is 0 Å². The largest absolute Gasteiger partial charge is 0.496 e. The molecular weight excluding hydrogens is 210 g/mol. The van der Waals surface area contributed by atoms with Gasteiger partial charge in [-0.05, 0) is 48.9 Å². The van der Waals surface area contributed by atoms with E-state index in [1.165, 1.54) is 24.0 Å². The Morgan fingerprint density at radius 2 is 2.12 bits per heavy atom. The Balaban J connectivity index is 2.02. The fourth-order valence-electron chi connectivity index (χ4n) is 2.05. The van der Waals surface area contributed by atoms with Crippen molar-refractivity contribution in [3.63, 3.8) is 0 Å². The molecule has 1 aliphatic carbocycles. The van der Waals surface area contributed by atoms with E-state index in [-0.39, 0.29) is 0 Å². The zero-order chi connectivity index (χ0) is 12.3. The monoisotopic (exact) mass is 233 g/mol. The maximum atomic E-state index is 5.43. The number of hydrogen-bond acceptors (Lipinski definition) is 2. The molecule has 0 aliphatic heterocycles. The van der Waals surface area contributed by atoms with Gasteiger partial charge in [0.2, 0.25) is 0 Å². The molecule has 1 aliphatic rings. The van der Waals surface area contributed by atoms with E-state index in [0.29, 0.717) is 5.92 Å². The molecule has 1 aromatic carbocycles. The summed E-state index contributed by atoms with van der Waals surface area (Å²) in [6, 6.07) is 7.34. The first-order chi connectivity index (χ1) is 8.20. The van der Waals surface area contributed by atoms with Gasteiger partial charge in [-0.2, -0.15) is 0 Å². The Hall–Kier alpha value is -1.02. The van der Waals surface area contributed by atoms with Crippen LogP contribution in [0.1, 0.15) is 43.7 Å². The molecule has 1 saturated carbocycles. The minimum absolute atomic E-state index is 0.580. The SMILES string of the molecule is COc1ccc(C(C)C)cc1CCNC1CC1. The number of nitrogens with one attached hydrogen (secondary N) is 1. The van der Waals surface area contributed by atoms with Crippen LogP contribution in [0, 0.1) is 0 Å². The molecule has 1 N–H and O–H groups in total. The third-order valence-electron chi connectivity index (χ3n) is 3.38. The number of benzene rings is 1. The first kappa shape index (κ1) is 12.4. The Morgan fingerprint density at radius 3 is 2.71 bits per heavy atom. The van der Waals surface area contributed by atoms with Crippen molar-refractivity contribution in [2.45, 2.75) is 45.1 Å². The first-order valence-electron chi connectivity index (χ1n) is 6.61. The van der Waals surface area contributed by atoms with Crippen molar-refractivity contribution in [1.29, 1.82) is 0 Å². The molecule has 0 heterocycles. The molecule has 2 nitrogen and oxygen atoms in total. The van der Waals surface area contributed by atoms with E-state index >= 15 is 0 Å². The van der Waals surface area contributed by atoms with Gasteiger partial charge in [0.1, 0.15) is 5.75 Å². The molecule has 1 fully saturated rings. The van der Waals surface area contributed by atoms with Crippen molar-refractivity contribution >= 4 is 0 Å². The van der Waals surface area contributed by atoms with Crippen molar-refractivity contribution in [2.24, 2.45) is 0 Å². The fraction of sp³-hybridized carbons (Fsp3) is 0.600. The highest BCUT2D eigenvalue weighted by molar-refractivity contribution is 5.38. The van der Waals surface area contributed by atoms with Crippen LogP contribution in [-0.2, 0) is 6.42 Å². The molecule has 0 bridgehead atoms. The van der Waals surface area contributed by atoms with Crippen molar-refractivity contribution in [3.8, 4) is 5.75 Å². The van der Waals surface area contributed by atoms with E-state index in [1.807, 2.05) is 0 Å². The van der Waals surface area contributed by atoms with Crippen LogP contribution in [0.4, 0.5) is 0 Å². The molecule has 0 aromatic heterocycles. The van der Waals surface area contributed by atoms with Gasteiger partial charge in [0.25, 0.3) is 0 Å². The third-order valence-corrected chi connectivity index (χ3v) is 3.38. The van der Waals surface area contributed by atoms with Gasteiger partial charge >= 0.3 is 0 Å². The number of methoxy groups -OCH3 is 1. The highest BCUT2D eigenvalue weighted by Crippen LogP contribution is 2.25. The van der Waals surface area contributed by atoms with E-state index in [2.05, 4.69) is 37.4 Å². The molecule has 0 atom stereocenters. The second-order valence-corrected chi connectivity index (χ2v) is 5.20. The Kier molecular flexibility index (Phi) is 4.06. The van der Waals surface area contributed by atoms with Gasteiger partial charge in [0.05, 0.1) is 7.11 Å². The van der Waals surface area contributed by atoms with E-state index in [0.717, 1.165) is 24.8 Å². The van der Waals surface area contributed by atoms with E-state index < -0.39 is 0 Å². The normalized spacial score (nSPS) is 15.3. The predicted molar refractivity (Wildman–Crippen MR) is 71.8 cm³/mol. The van der Waals surface area contributed by atoms with Crippen LogP contribution in [0.25, 0.3) is 0 Å². The van der Waals surface area contributed by atoms with E-state index in [1.54, 1.807) is 7.11 Å². The average Bonchev–Trinajstić information content (AvgIpc) is 3.13. The second-order valence-electron chi connectivity index (χ2n) is 5.20.